The quantitative estimate of drug-likeness (QED) is 0.831. The Morgan fingerprint density at radius 3 is 2.36 bits per heavy atom. The molecular formula is C15H11F5N2O3. The Morgan fingerprint density at radius 2 is 1.80 bits per heavy atom. The van der Waals surface area contributed by atoms with Gasteiger partial charge in [-0.1, -0.05) is 18.2 Å². The molecule has 1 amide bonds. The van der Waals surface area contributed by atoms with Gasteiger partial charge in [0, 0.05) is 5.56 Å². The van der Waals surface area contributed by atoms with E-state index in [4.69, 9.17) is 5.73 Å². The number of carbonyl (C=O) groups is 1. The highest BCUT2D eigenvalue weighted by atomic mass is 19.4. The van der Waals surface area contributed by atoms with Crippen molar-refractivity contribution in [2.75, 3.05) is 0 Å². The van der Waals surface area contributed by atoms with Gasteiger partial charge in [0.25, 0.3) is 11.5 Å². The van der Waals surface area contributed by atoms with Crippen molar-refractivity contribution in [2.45, 2.75) is 19.3 Å². The fourth-order valence-electron chi connectivity index (χ4n) is 2.19. The van der Waals surface area contributed by atoms with Gasteiger partial charge in [-0.15, -0.1) is 0 Å². The number of nitrogens with zero attached hydrogens (tertiary/aromatic N) is 1. The molecule has 0 radical (unpaired) electrons. The summed E-state index contributed by atoms with van der Waals surface area (Å²) in [6.07, 6.45) is -4.91. The molecule has 5 nitrogen and oxygen atoms in total. The second kappa shape index (κ2) is 6.91. The van der Waals surface area contributed by atoms with Gasteiger partial charge in [0.05, 0.1) is 6.54 Å². The number of pyridine rings is 1. The number of benzene rings is 1. The SMILES string of the molecule is NC(=O)c1ccc(C(F)(F)F)n(Cc2ccccc2OC(F)F)c1=O. The van der Waals surface area contributed by atoms with E-state index in [2.05, 4.69) is 4.74 Å². The molecule has 0 aliphatic rings. The Kier molecular flexibility index (Phi) is 5.10. The molecule has 134 valence electrons. The van der Waals surface area contributed by atoms with Crippen LogP contribution < -0.4 is 16.0 Å². The molecule has 2 aromatic rings. The maximum Gasteiger partial charge on any atom is 0.431 e. The van der Waals surface area contributed by atoms with E-state index in [0.29, 0.717) is 12.1 Å². The van der Waals surface area contributed by atoms with Crippen LogP contribution in [0.4, 0.5) is 22.0 Å². The Balaban J connectivity index is 2.61. The lowest BCUT2D eigenvalue weighted by Crippen LogP contribution is -2.34. The largest absolute Gasteiger partial charge is 0.434 e. The molecule has 1 heterocycles. The fraction of sp³-hybridized carbons (Fsp3) is 0.200. The van der Waals surface area contributed by atoms with Crippen LogP contribution in [0.25, 0.3) is 0 Å². The monoisotopic (exact) mass is 362 g/mol. The van der Waals surface area contributed by atoms with E-state index in [0.717, 1.165) is 6.07 Å². The lowest BCUT2D eigenvalue weighted by atomic mass is 10.1. The lowest BCUT2D eigenvalue weighted by Gasteiger charge is -2.17. The van der Waals surface area contributed by atoms with Gasteiger partial charge in [0.2, 0.25) is 0 Å². The van der Waals surface area contributed by atoms with Crippen molar-refractivity contribution in [3.63, 3.8) is 0 Å². The Bertz CT molecular complexity index is 846. The van der Waals surface area contributed by atoms with Crippen LogP contribution in [0.5, 0.6) is 5.75 Å². The highest BCUT2D eigenvalue weighted by molar-refractivity contribution is 5.92. The van der Waals surface area contributed by atoms with Gasteiger partial charge >= 0.3 is 12.8 Å². The first-order valence-corrected chi connectivity index (χ1v) is 6.75. The van der Waals surface area contributed by atoms with Crippen molar-refractivity contribution in [1.82, 2.24) is 4.57 Å². The van der Waals surface area contributed by atoms with Crippen molar-refractivity contribution < 1.29 is 31.5 Å². The molecule has 2 rings (SSSR count). The standard InChI is InChI=1S/C15H11F5N2O3/c16-14(17)25-10-4-2-1-3-8(10)7-22-11(15(18,19)20)6-5-9(12(21)23)13(22)24/h1-6,14H,7H2,(H2,21,23). The van der Waals surface area contributed by atoms with Crippen molar-refractivity contribution >= 4 is 5.91 Å². The number of para-hydroxylation sites is 1. The van der Waals surface area contributed by atoms with E-state index in [-0.39, 0.29) is 15.9 Å². The molecule has 1 aromatic carbocycles. The molecule has 0 fully saturated rings. The Hall–Kier alpha value is -2.91. The van der Waals surface area contributed by atoms with Crippen molar-refractivity contribution in [1.29, 1.82) is 0 Å². The molecule has 0 spiro atoms. The Morgan fingerprint density at radius 1 is 1.16 bits per heavy atom. The fourth-order valence-corrected chi connectivity index (χ4v) is 2.19. The van der Waals surface area contributed by atoms with Crippen LogP contribution in [0.15, 0.2) is 41.2 Å². The summed E-state index contributed by atoms with van der Waals surface area (Å²) in [5, 5.41) is 0. The van der Waals surface area contributed by atoms with Gasteiger partial charge in [-0.25, -0.2) is 0 Å². The van der Waals surface area contributed by atoms with Crippen LogP contribution in [0.2, 0.25) is 0 Å². The second-order valence-electron chi connectivity index (χ2n) is 4.87. The third-order valence-electron chi connectivity index (χ3n) is 3.25. The first-order valence-electron chi connectivity index (χ1n) is 6.75. The third-order valence-corrected chi connectivity index (χ3v) is 3.25. The van der Waals surface area contributed by atoms with Gasteiger partial charge in [0.15, 0.2) is 0 Å². The van der Waals surface area contributed by atoms with Gasteiger partial charge in [0.1, 0.15) is 17.0 Å². The summed E-state index contributed by atoms with van der Waals surface area (Å²) >= 11 is 0. The molecule has 0 saturated carbocycles. The van der Waals surface area contributed by atoms with E-state index >= 15 is 0 Å². The normalized spacial score (nSPS) is 11.6. The van der Waals surface area contributed by atoms with Crippen LogP contribution in [0.3, 0.4) is 0 Å². The van der Waals surface area contributed by atoms with Crippen LogP contribution in [0, 0.1) is 0 Å². The number of amides is 1. The summed E-state index contributed by atoms with van der Waals surface area (Å²) in [5.74, 6) is -1.59. The third kappa shape index (κ3) is 4.14. The molecule has 0 aliphatic heterocycles. The topological polar surface area (TPSA) is 74.3 Å². The van der Waals surface area contributed by atoms with Gasteiger partial charge < -0.3 is 10.5 Å². The van der Waals surface area contributed by atoms with Crippen molar-refractivity contribution in [3.05, 3.63) is 63.6 Å². The zero-order chi connectivity index (χ0) is 18.8. The molecule has 0 bridgehead atoms. The molecule has 0 atom stereocenters. The summed E-state index contributed by atoms with van der Waals surface area (Å²) in [7, 11) is 0. The van der Waals surface area contributed by atoms with Crippen molar-refractivity contribution in [3.8, 4) is 5.75 Å². The predicted molar refractivity (Wildman–Crippen MR) is 76.4 cm³/mol. The molecule has 0 saturated heterocycles. The minimum atomic E-state index is -4.91. The van der Waals surface area contributed by atoms with Gasteiger partial charge in [-0.05, 0) is 18.2 Å². The molecule has 2 N–H and O–H groups in total. The molecular weight excluding hydrogens is 351 g/mol. The van der Waals surface area contributed by atoms with Gasteiger partial charge in [-0.3, -0.25) is 14.2 Å². The minimum Gasteiger partial charge on any atom is -0.434 e. The highest BCUT2D eigenvalue weighted by Gasteiger charge is 2.35. The smallest absolute Gasteiger partial charge is 0.431 e. The summed E-state index contributed by atoms with van der Waals surface area (Å²) in [6.45, 7) is -3.94. The number of nitrogens with two attached hydrogens (primary N) is 1. The average Bonchev–Trinajstić information content (AvgIpc) is 2.48. The minimum absolute atomic E-state index is 0.1000. The maximum atomic E-state index is 13.1. The maximum absolute atomic E-state index is 13.1. The van der Waals surface area contributed by atoms with Crippen molar-refractivity contribution in [2.24, 2.45) is 5.73 Å². The lowest BCUT2D eigenvalue weighted by molar-refractivity contribution is -0.144. The summed E-state index contributed by atoms with van der Waals surface area (Å²) in [4.78, 5) is 23.4. The van der Waals surface area contributed by atoms with Crippen LogP contribution in [-0.4, -0.2) is 17.1 Å². The molecule has 0 unspecified atom stereocenters. The number of carbonyl (C=O) groups excluding carboxylic acids is 1. The number of aromatic nitrogens is 1. The Labute approximate surface area is 137 Å². The summed E-state index contributed by atoms with van der Waals surface area (Å²) < 4.78 is 68.8. The van der Waals surface area contributed by atoms with E-state index in [1.165, 1.54) is 18.2 Å². The van der Waals surface area contributed by atoms with Crippen LogP contribution in [-0.2, 0) is 12.7 Å². The highest BCUT2D eigenvalue weighted by Crippen LogP contribution is 2.30. The van der Waals surface area contributed by atoms with Crippen LogP contribution in [0.1, 0.15) is 21.6 Å². The molecule has 10 heteroatoms. The first-order chi connectivity index (χ1) is 11.6. The number of primary amides is 1. The van der Waals surface area contributed by atoms with E-state index < -0.39 is 42.1 Å². The van der Waals surface area contributed by atoms with E-state index in [9.17, 15) is 31.5 Å². The van der Waals surface area contributed by atoms with E-state index in [1.807, 2.05) is 0 Å². The predicted octanol–water partition coefficient (Wildman–Crippen LogP) is 2.62. The zero-order valence-electron chi connectivity index (χ0n) is 12.4. The summed E-state index contributed by atoms with van der Waals surface area (Å²) in [6, 6.07) is 6.26. The number of hydrogen-bond donors (Lipinski definition) is 1. The number of alkyl halides is 5. The first kappa shape index (κ1) is 18.4. The summed E-state index contributed by atoms with van der Waals surface area (Å²) in [5.41, 5.74) is 1.59. The number of rotatable bonds is 5. The molecule has 25 heavy (non-hydrogen) atoms. The van der Waals surface area contributed by atoms with Crippen LogP contribution >= 0.6 is 0 Å². The van der Waals surface area contributed by atoms with Gasteiger partial charge in [-0.2, -0.15) is 22.0 Å². The number of ether oxygens (including phenoxy) is 1. The molecule has 0 aliphatic carbocycles. The number of halogens is 5. The number of hydrogen-bond acceptors (Lipinski definition) is 3. The van der Waals surface area contributed by atoms with E-state index in [1.54, 1.807) is 0 Å². The average molecular weight is 362 g/mol. The zero-order valence-corrected chi connectivity index (χ0v) is 12.4. The second-order valence-corrected chi connectivity index (χ2v) is 4.87. The molecule has 1 aromatic heterocycles.